The Kier molecular flexibility index (Phi) is 6.40. The maximum atomic E-state index is 11.6. The van der Waals surface area contributed by atoms with Gasteiger partial charge in [0.05, 0.1) is 13.0 Å². The van der Waals surface area contributed by atoms with Crippen molar-refractivity contribution in [3.8, 4) is 5.75 Å². The first-order valence-electron chi connectivity index (χ1n) is 6.92. The minimum Gasteiger partial charge on any atom is -0.493 e. The molecule has 1 aromatic rings. The molecule has 0 saturated carbocycles. The highest BCUT2D eigenvalue weighted by molar-refractivity contribution is 5.75. The third kappa shape index (κ3) is 8.25. The van der Waals surface area contributed by atoms with Crippen LogP contribution in [-0.2, 0) is 4.79 Å². The summed E-state index contributed by atoms with van der Waals surface area (Å²) >= 11 is 0. The molecule has 0 aliphatic rings. The van der Waals surface area contributed by atoms with Crippen LogP contribution in [-0.4, -0.2) is 19.1 Å². The van der Waals surface area contributed by atoms with Crippen molar-refractivity contribution in [2.45, 2.75) is 40.0 Å². The Morgan fingerprint density at radius 1 is 1.21 bits per heavy atom. The summed E-state index contributed by atoms with van der Waals surface area (Å²) in [6.07, 6.45) is 2.55. The monoisotopic (exact) mass is 263 g/mol. The highest BCUT2D eigenvalue weighted by Crippen LogP contribution is 2.19. The van der Waals surface area contributed by atoms with E-state index in [-0.39, 0.29) is 5.91 Å². The van der Waals surface area contributed by atoms with Crippen molar-refractivity contribution >= 4 is 5.91 Å². The third-order valence-electron chi connectivity index (χ3n) is 2.77. The first-order valence-corrected chi connectivity index (χ1v) is 6.92. The average Bonchev–Trinajstić information content (AvgIpc) is 2.35. The van der Waals surface area contributed by atoms with E-state index < -0.39 is 0 Å². The van der Waals surface area contributed by atoms with E-state index in [1.54, 1.807) is 0 Å². The van der Waals surface area contributed by atoms with Gasteiger partial charge in [0.15, 0.2) is 0 Å². The number of para-hydroxylation sites is 1. The molecule has 0 bridgehead atoms. The van der Waals surface area contributed by atoms with Gasteiger partial charge in [0, 0.05) is 6.54 Å². The number of amides is 1. The number of nitrogens with one attached hydrogen (secondary N) is 1. The van der Waals surface area contributed by atoms with Gasteiger partial charge in [-0.15, -0.1) is 0 Å². The summed E-state index contributed by atoms with van der Waals surface area (Å²) in [7, 11) is 0. The summed E-state index contributed by atoms with van der Waals surface area (Å²) in [6, 6.07) is 9.56. The number of rotatable bonds is 7. The highest BCUT2D eigenvalue weighted by Gasteiger charge is 2.09. The fourth-order valence-electron chi connectivity index (χ4n) is 1.71. The van der Waals surface area contributed by atoms with Gasteiger partial charge in [0.1, 0.15) is 5.75 Å². The average molecular weight is 263 g/mol. The molecule has 1 rings (SSSR count). The van der Waals surface area contributed by atoms with Crippen LogP contribution >= 0.6 is 0 Å². The molecule has 0 aliphatic carbocycles. The first-order chi connectivity index (χ1) is 8.97. The van der Waals surface area contributed by atoms with Crippen molar-refractivity contribution in [2.75, 3.05) is 13.2 Å². The molecule has 0 aromatic heterocycles. The van der Waals surface area contributed by atoms with Crippen LogP contribution in [0.15, 0.2) is 30.3 Å². The quantitative estimate of drug-likeness (QED) is 0.766. The zero-order valence-electron chi connectivity index (χ0n) is 12.2. The van der Waals surface area contributed by atoms with Gasteiger partial charge in [0.2, 0.25) is 5.91 Å². The summed E-state index contributed by atoms with van der Waals surface area (Å²) in [4.78, 5) is 11.6. The Balaban J connectivity index is 2.05. The van der Waals surface area contributed by atoms with E-state index in [1.807, 2.05) is 30.3 Å². The zero-order valence-corrected chi connectivity index (χ0v) is 12.2. The van der Waals surface area contributed by atoms with Gasteiger partial charge in [0.25, 0.3) is 0 Å². The van der Waals surface area contributed by atoms with Gasteiger partial charge in [-0.05, 0) is 30.4 Å². The van der Waals surface area contributed by atoms with Gasteiger partial charge in [-0.2, -0.15) is 0 Å². The predicted molar refractivity (Wildman–Crippen MR) is 78.3 cm³/mol. The number of hydrogen-bond donors (Lipinski definition) is 1. The van der Waals surface area contributed by atoms with E-state index in [0.29, 0.717) is 18.4 Å². The van der Waals surface area contributed by atoms with Crippen molar-refractivity contribution in [3.63, 3.8) is 0 Å². The molecule has 1 aromatic carbocycles. The Morgan fingerprint density at radius 3 is 2.53 bits per heavy atom. The van der Waals surface area contributed by atoms with Crippen LogP contribution in [0.5, 0.6) is 5.75 Å². The van der Waals surface area contributed by atoms with Gasteiger partial charge in [-0.3, -0.25) is 4.79 Å². The van der Waals surface area contributed by atoms with Gasteiger partial charge >= 0.3 is 0 Å². The second-order valence-electron chi connectivity index (χ2n) is 5.93. The van der Waals surface area contributed by atoms with Gasteiger partial charge in [-0.25, -0.2) is 0 Å². The van der Waals surface area contributed by atoms with Crippen LogP contribution < -0.4 is 10.1 Å². The highest BCUT2D eigenvalue weighted by atomic mass is 16.5. The molecular formula is C16H25NO2. The molecule has 3 nitrogen and oxygen atoms in total. The van der Waals surface area contributed by atoms with Crippen molar-refractivity contribution in [1.29, 1.82) is 0 Å². The number of carbonyl (C=O) groups excluding carboxylic acids is 1. The van der Waals surface area contributed by atoms with Crippen LogP contribution in [0.2, 0.25) is 0 Å². The molecule has 0 atom stereocenters. The largest absolute Gasteiger partial charge is 0.493 e. The maximum absolute atomic E-state index is 11.6. The lowest BCUT2D eigenvalue weighted by Gasteiger charge is -2.17. The van der Waals surface area contributed by atoms with Gasteiger partial charge < -0.3 is 10.1 Å². The summed E-state index contributed by atoms with van der Waals surface area (Å²) in [5, 5.41) is 2.92. The van der Waals surface area contributed by atoms with Crippen LogP contribution in [0.25, 0.3) is 0 Å². The fraction of sp³-hybridized carbons (Fsp3) is 0.562. The van der Waals surface area contributed by atoms with E-state index in [4.69, 9.17) is 4.74 Å². The lowest BCUT2D eigenvalue weighted by Crippen LogP contribution is -2.26. The Bertz CT molecular complexity index is 368. The molecule has 0 fully saturated rings. The van der Waals surface area contributed by atoms with Crippen molar-refractivity contribution in [1.82, 2.24) is 5.32 Å². The van der Waals surface area contributed by atoms with E-state index >= 15 is 0 Å². The molecule has 0 saturated heterocycles. The van der Waals surface area contributed by atoms with Crippen LogP contribution in [0.1, 0.15) is 40.0 Å². The van der Waals surface area contributed by atoms with E-state index in [1.165, 1.54) is 0 Å². The summed E-state index contributed by atoms with van der Waals surface area (Å²) < 4.78 is 5.48. The van der Waals surface area contributed by atoms with Crippen molar-refractivity contribution < 1.29 is 9.53 Å². The lowest BCUT2D eigenvalue weighted by atomic mass is 9.91. The maximum Gasteiger partial charge on any atom is 0.223 e. The van der Waals surface area contributed by atoms with Crippen LogP contribution in [0.3, 0.4) is 0 Å². The molecule has 0 radical (unpaired) electrons. The molecule has 3 heteroatoms. The van der Waals surface area contributed by atoms with Crippen LogP contribution in [0, 0.1) is 5.41 Å². The number of carbonyl (C=O) groups is 1. The Morgan fingerprint density at radius 2 is 1.89 bits per heavy atom. The predicted octanol–water partition coefficient (Wildman–Crippen LogP) is 3.40. The first kappa shape index (κ1) is 15.5. The lowest BCUT2D eigenvalue weighted by molar-refractivity contribution is -0.121. The van der Waals surface area contributed by atoms with Crippen LogP contribution in [0.4, 0.5) is 0 Å². The smallest absolute Gasteiger partial charge is 0.223 e. The minimum absolute atomic E-state index is 0.0600. The molecule has 1 N–H and O–H groups in total. The number of hydrogen-bond acceptors (Lipinski definition) is 2. The molecule has 0 aliphatic heterocycles. The second-order valence-corrected chi connectivity index (χ2v) is 5.93. The standard InChI is InChI=1S/C16H25NO2/c1-16(2,3)11-7-12-17-15(18)10-13-19-14-8-5-4-6-9-14/h4-6,8-9H,7,10-13H2,1-3H3,(H,17,18). The van der Waals surface area contributed by atoms with E-state index in [2.05, 4.69) is 26.1 Å². The zero-order chi connectivity index (χ0) is 14.1. The van der Waals surface area contributed by atoms with Gasteiger partial charge in [-0.1, -0.05) is 39.0 Å². The molecule has 106 valence electrons. The topological polar surface area (TPSA) is 38.3 Å². The molecule has 1 amide bonds. The SMILES string of the molecule is CC(C)(C)CCCNC(=O)CCOc1ccccc1. The van der Waals surface area contributed by atoms with E-state index in [0.717, 1.165) is 25.1 Å². The summed E-state index contributed by atoms with van der Waals surface area (Å²) in [5.74, 6) is 0.868. The second kappa shape index (κ2) is 7.82. The van der Waals surface area contributed by atoms with E-state index in [9.17, 15) is 4.79 Å². The minimum atomic E-state index is 0.0600. The number of ether oxygens (including phenoxy) is 1. The Hall–Kier alpha value is -1.51. The molecular weight excluding hydrogens is 238 g/mol. The van der Waals surface area contributed by atoms with Crippen molar-refractivity contribution in [3.05, 3.63) is 30.3 Å². The third-order valence-corrected chi connectivity index (χ3v) is 2.77. The fourth-order valence-corrected chi connectivity index (χ4v) is 1.71. The summed E-state index contributed by atoms with van der Waals surface area (Å²) in [6.45, 7) is 7.81. The van der Waals surface area contributed by atoms with Crippen molar-refractivity contribution in [2.24, 2.45) is 5.41 Å². The Labute approximate surface area is 116 Å². The molecule has 0 spiro atoms. The molecule has 0 unspecified atom stereocenters. The normalized spacial score (nSPS) is 11.1. The summed E-state index contributed by atoms with van der Waals surface area (Å²) in [5.41, 5.74) is 0.334. The molecule has 0 heterocycles. The molecule has 19 heavy (non-hydrogen) atoms. The number of benzene rings is 1.